The maximum Gasteiger partial charge on any atom is 0.253 e. The van der Waals surface area contributed by atoms with Gasteiger partial charge in [-0.3, -0.25) is 19.4 Å². The van der Waals surface area contributed by atoms with Crippen LogP contribution in [0.15, 0.2) is 60.7 Å². The summed E-state index contributed by atoms with van der Waals surface area (Å²) in [5.41, 5.74) is 4.89. The Bertz CT molecular complexity index is 2610. The normalized spacial score (nSPS) is 14.0. The van der Waals surface area contributed by atoms with Crippen molar-refractivity contribution in [3.05, 3.63) is 95.1 Å². The third-order valence-electron chi connectivity index (χ3n) is 10.1. The number of aryl methyl sites for hydroxylation is 4. The van der Waals surface area contributed by atoms with E-state index in [1.165, 1.54) is 48.9 Å². The Morgan fingerprint density at radius 2 is 1.10 bits per heavy atom. The lowest BCUT2D eigenvalue weighted by Gasteiger charge is -2.26. The lowest BCUT2D eigenvalue weighted by atomic mass is 10.1. The van der Waals surface area contributed by atoms with Crippen molar-refractivity contribution in [2.75, 3.05) is 89.5 Å². The third kappa shape index (κ3) is 14.9. The number of ether oxygens (including phenoxy) is 3. The fourth-order valence-electron chi connectivity index (χ4n) is 7.11. The second kappa shape index (κ2) is 23.6. The maximum absolute atomic E-state index is 14.5. The summed E-state index contributed by atoms with van der Waals surface area (Å²) in [6.07, 6.45) is 0. The molecule has 8 rings (SSSR count). The van der Waals surface area contributed by atoms with E-state index in [4.69, 9.17) is 19.3 Å². The van der Waals surface area contributed by atoms with Crippen molar-refractivity contribution < 1.29 is 42.8 Å². The highest BCUT2D eigenvalue weighted by molar-refractivity contribution is 5.89. The Balaban J connectivity index is 0.000000191. The van der Waals surface area contributed by atoms with Gasteiger partial charge in [0.15, 0.2) is 0 Å². The molecular weight excluding hydrogens is 871 g/mol. The molecule has 0 saturated carbocycles. The SMILES string of the molecule is CC(=O)Nc1cc(-c2cc(F)cc(OCCN3CCOCC3)c2)nc(-n2nc(C)cc2C)n1.CC(=O)Nc1cc(-c2cc(O)cc(F)c2)nc(-n2nc(C)cc2C)n1.OCCN1CCOCC1. The molecule has 2 aliphatic rings. The fraction of sp³-hybridized carbons (Fsp3) is 0.391. The Hall–Kier alpha value is -6.78. The van der Waals surface area contributed by atoms with E-state index in [1.807, 2.05) is 39.8 Å². The molecule has 2 aliphatic heterocycles. The molecule has 2 aromatic carbocycles. The molecule has 6 aromatic rings. The highest BCUT2D eigenvalue weighted by Gasteiger charge is 2.17. The van der Waals surface area contributed by atoms with Gasteiger partial charge >= 0.3 is 0 Å². The molecule has 0 unspecified atom stereocenters. The van der Waals surface area contributed by atoms with Crippen LogP contribution >= 0.6 is 0 Å². The van der Waals surface area contributed by atoms with Gasteiger partial charge in [0.25, 0.3) is 11.9 Å². The Morgan fingerprint density at radius 3 is 1.54 bits per heavy atom. The van der Waals surface area contributed by atoms with Crippen LogP contribution in [0.3, 0.4) is 0 Å². The highest BCUT2D eigenvalue weighted by atomic mass is 19.1. The number of halogens is 2. The van der Waals surface area contributed by atoms with Crippen LogP contribution in [0.1, 0.15) is 36.6 Å². The minimum atomic E-state index is -0.595. The minimum absolute atomic E-state index is 0.220. The Morgan fingerprint density at radius 1 is 0.642 bits per heavy atom. The van der Waals surface area contributed by atoms with Crippen molar-refractivity contribution in [1.29, 1.82) is 0 Å². The number of phenols is 1. The molecule has 21 heteroatoms. The zero-order valence-electron chi connectivity index (χ0n) is 38.4. The summed E-state index contributed by atoms with van der Waals surface area (Å²) < 4.78 is 47.5. The molecule has 0 atom stereocenters. The Kier molecular flexibility index (Phi) is 17.5. The number of β-amino-alcohol motifs (C(OH)–C–C–N with tert-alkyl or cyclic N) is 1. The molecule has 67 heavy (non-hydrogen) atoms. The van der Waals surface area contributed by atoms with E-state index in [0.29, 0.717) is 53.9 Å². The van der Waals surface area contributed by atoms with Crippen molar-refractivity contribution in [3.8, 4) is 45.9 Å². The number of amides is 2. The molecule has 2 amide bonds. The number of benzene rings is 2. The molecule has 6 heterocycles. The number of hydrogen-bond acceptors (Lipinski definition) is 15. The van der Waals surface area contributed by atoms with E-state index in [-0.39, 0.29) is 41.9 Å². The topological polar surface area (TPSA) is 220 Å². The summed E-state index contributed by atoms with van der Waals surface area (Å²) >= 11 is 0. The number of nitrogens with zero attached hydrogens (tertiary/aromatic N) is 10. The van der Waals surface area contributed by atoms with Gasteiger partial charge in [-0.15, -0.1) is 0 Å². The smallest absolute Gasteiger partial charge is 0.253 e. The van der Waals surface area contributed by atoms with Gasteiger partial charge in [0.1, 0.15) is 41.4 Å². The van der Waals surface area contributed by atoms with Crippen LogP contribution in [-0.2, 0) is 19.1 Å². The number of rotatable bonds is 12. The van der Waals surface area contributed by atoms with Gasteiger partial charge in [-0.05, 0) is 64.1 Å². The quantitative estimate of drug-likeness (QED) is 0.129. The van der Waals surface area contributed by atoms with Gasteiger partial charge in [-0.1, -0.05) is 0 Å². The molecule has 2 saturated heterocycles. The predicted molar refractivity (Wildman–Crippen MR) is 245 cm³/mol. The number of carbonyl (C=O) groups excluding carboxylic acids is 2. The number of nitrogens with one attached hydrogen (secondary N) is 2. The Labute approximate surface area is 386 Å². The molecule has 0 aliphatic carbocycles. The van der Waals surface area contributed by atoms with E-state index in [0.717, 1.165) is 81.3 Å². The summed E-state index contributed by atoms with van der Waals surface area (Å²) in [7, 11) is 0. The lowest BCUT2D eigenvalue weighted by molar-refractivity contribution is -0.115. The standard InChI is InChI=1S/C23H27FN6O3.C17H16FN5O2.C6H13NO2/c1-15-10-16(2)30(28-15)23-26-21(14-22(27-23)25-17(3)31)18-11-19(24)13-20(12-18)33-9-6-29-4-7-32-8-5-29;1-9-4-10(2)23(22-9)17-20-15(8-16(21-17)19-11(3)24)12-5-13(18)7-14(25)6-12;8-4-1-7-2-5-9-6-3-7/h10-14H,4-9H2,1-3H3,(H,25,26,27,31);4-8,25H,1-3H3,(H,19,20,21,24);8H,1-6H2. The second-order valence-corrected chi connectivity index (χ2v) is 15.8. The molecule has 356 valence electrons. The fourth-order valence-corrected chi connectivity index (χ4v) is 7.11. The summed E-state index contributed by atoms with van der Waals surface area (Å²) in [4.78, 5) is 45.2. The summed E-state index contributed by atoms with van der Waals surface area (Å²) in [5.74, 6) is -0.359. The van der Waals surface area contributed by atoms with E-state index in [9.17, 15) is 23.5 Å². The third-order valence-corrected chi connectivity index (χ3v) is 10.1. The summed E-state index contributed by atoms with van der Waals surface area (Å²) in [6.45, 7) is 19.2. The summed E-state index contributed by atoms with van der Waals surface area (Å²) in [6, 6.07) is 14.9. The van der Waals surface area contributed by atoms with Crippen molar-refractivity contribution in [2.24, 2.45) is 0 Å². The lowest BCUT2D eigenvalue weighted by Crippen LogP contribution is -2.38. The van der Waals surface area contributed by atoms with Crippen molar-refractivity contribution in [2.45, 2.75) is 41.5 Å². The molecule has 0 spiro atoms. The van der Waals surface area contributed by atoms with Crippen LogP contribution in [-0.4, -0.2) is 150 Å². The molecular formula is C46H56F2N12O7. The molecule has 0 radical (unpaired) electrons. The van der Waals surface area contributed by atoms with Crippen LogP contribution < -0.4 is 15.4 Å². The van der Waals surface area contributed by atoms with E-state index >= 15 is 0 Å². The molecule has 19 nitrogen and oxygen atoms in total. The number of aliphatic hydroxyl groups is 1. The van der Waals surface area contributed by atoms with Crippen molar-refractivity contribution >= 4 is 23.5 Å². The highest BCUT2D eigenvalue weighted by Crippen LogP contribution is 2.28. The number of aromatic hydroxyl groups is 1. The average Bonchev–Trinajstić information content (AvgIpc) is 3.81. The maximum atomic E-state index is 14.5. The van der Waals surface area contributed by atoms with Gasteiger partial charge in [-0.25, -0.2) is 28.1 Å². The number of hydrogen-bond donors (Lipinski definition) is 4. The first-order valence-corrected chi connectivity index (χ1v) is 21.7. The zero-order chi connectivity index (χ0) is 48.0. The molecule has 4 N–H and O–H groups in total. The van der Waals surface area contributed by atoms with Crippen LogP contribution in [0.2, 0.25) is 0 Å². The van der Waals surface area contributed by atoms with E-state index in [1.54, 1.807) is 16.8 Å². The first-order valence-electron chi connectivity index (χ1n) is 21.7. The first-order chi connectivity index (χ1) is 32.1. The first kappa shape index (κ1) is 49.6. The van der Waals surface area contributed by atoms with Gasteiger partial charge in [0.2, 0.25) is 11.8 Å². The van der Waals surface area contributed by atoms with Crippen LogP contribution in [0.5, 0.6) is 11.5 Å². The van der Waals surface area contributed by atoms with Crippen molar-refractivity contribution in [3.63, 3.8) is 0 Å². The van der Waals surface area contributed by atoms with Crippen LogP contribution in [0, 0.1) is 39.3 Å². The monoisotopic (exact) mass is 926 g/mol. The minimum Gasteiger partial charge on any atom is -0.508 e. The van der Waals surface area contributed by atoms with Crippen molar-refractivity contribution in [1.82, 2.24) is 49.3 Å². The number of carbonyl (C=O) groups is 2. The average molecular weight is 927 g/mol. The van der Waals surface area contributed by atoms with E-state index in [2.05, 4.69) is 50.6 Å². The van der Waals surface area contributed by atoms with Gasteiger partial charge in [-0.2, -0.15) is 20.2 Å². The predicted octanol–water partition coefficient (Wildman–Crippen LogP) is 4.81. The largest absolute Gasteiger partial charge is 0.508 e. The van der Waals surface area contributed by atoms with Gasteiger partial charge in [0.05, 0.1) is 55.8 Å². The second-order valence-electron chi connectivity index (χ2n) is 15.8. The summed E-state index contributed by atoms with van der Waals surface area (Å²) in [5, 5.41) is 32.2. The van der Waals surface area contributed by atoms with Crippen LogP contribution in [0.4, 0.5) is 20.4 Å². The number of phenolic OH excluding ortho intramolecular Hbond substituents is 1. The number of morpholine rings is 2. The number of aromatic nitrogens is 8. The molecule has 0 bridgehead atoms. The zero-order valence-corrected chi connectivity index (χ0v) is 38.4. The number of anilines is 2. The van der Waals surface area contributed by atoms with E-state index < -0.39 is 11.6 Å². The van der Waals surface area contributed by atoms with Gasteiger partial charge in [0, 0.05) is 99.9 Å². The van der Waals surface area contributed by atoms with Gasteiger partial charge < -0.3 is 35.1 Å². The van der Waals surface area contributed by atoms with Crippen LogP contribution in [0.25, 0.3) is 34.4 Å². The number of aliphatic hydroxyl groups excluding tert-OH is 1. The molecule has 2 fully saturated rings. The molecule has 4 aromatic heterocycles.